The normalized spacial score (nSPS) is 24.6. The summed E-state index contributed by atoms with van der Waals surface area (Å²) in [7, 11) is 0. The number of hydrogen-bond acceptors (Lipinski definition) is 4. The molecule has 2 aromatic rings. The second-order valence-corrected chi connectivity index (χ2v) is 7.48. The van der Waals surface area contributed by atoms with Crippen LogP contribution in [-0.4, -0.2) is 41.8 Å². The van der Waals surface area contributed by atoms with Crippen LogP contribution < -0.4 is 14.4 Å². The Bertz CT molecular complexity index is 880. The van der Waals surface area contributed by atoms with E-state index in [1.165, 1.54) is 12.3 Å². The predicted octanol–water partition coefficient (Wildman–Crippen LogP) is 3.11. The van der Waals surface area contributed by atoms with Gasteiger partial charge in [-0.25, -0.2) is 9.48 Å². The van der Waals surface area contributed by atoms with Gasteiger partial charge in [-0.3, -0.25) is 0 Å². The first-order valence-electron chi connectivity index (χ1n) is 9.84. The van der Waals surface area contributed by atoms with E-state index in [0.29, 0.717) is 19.8 Å². The van der Waals surface area contributed by atoms with Gasteiger partial charge in [0.05, 0.1) is 6.54 Å². The van der Waals surface area contributed by atoms with Crippen LogP contribution in [0.25, 0.3) is 0 Å². The molecule has 0 saturated heterocycles. The molecule has 0 aliphatic carbocycles. The zero-order valence-electron chi connectivity index (χ0n) is 15.4. The number of rotatable bonds is 2. The first-order chi connectivity index (χ1) is 13.3. The summed E-state index contributed by atoms with van der Waals surface area (Å²) in [6.45, 7) is 2.57. The van der Waals surface area contributed by atoms with Gasteiger partial charge in [-0.05, 0) is 31.4 Å². The van der Waals surface area contributed by atoms with Crippen LogP contribution in [-0.2, 0) is 5.72 Å². The van der Waals surface area contributed by atoms with Crippen LogP contribution in [0, 0.1) is 0 Å². The fraction of sp³-hybridized carbons (Fsp3) is 0.409. The third-order valence-electron chi connectivity index (χ3n) is 5.80. The Kier molecular flexibility index (Phi) is 4.05. The molecule has 0 aromatic heterocycles. The number of aliphatic hydroxyl groups is 1. The number of nitrogens with zero attached hydrogens (tertiary/aromatic N) is 2. The SMILES string of the molecule is OC1(c2ccccc2)CN(c2ccc3c(c2)OCCO3)C2=[N+]1CCCCC2. The summed E-state index contributed by atoms with van der Waals surface area (Å²) in [5, 5.41) is 11.8. The molecule has 0 saturated carbocycles. The number of ether oxygens (including phenoxy) is 2. The average molecular weight is 365 g/mol. The Morgan fingerprint density at radius 3 is 2.59 bits per heavy atom. The maximum Gasteiger partial charge on any atom is 0.271 e. The van der Waals surface area contributed by atoms with Crippen molar-refractivity contribution >= 4 is 11.5 Å². The van der Waals surface area contributed by atoms with Crippen LogP contribution in [0.2, 0.25) is 0 Å². The number of hydrogen-bond donors (Lipinski definition) is 1. The molecular formula is C22H25N2O3+. The summed E-state index contributed by atoms with van der Waals surface area (Å²) in [6, 6.07) is 16.1. The topological polar surface area (TPSA) is 44.9 Å². The Morgan fingerprint density at radius 2 is 1.74 bits per heavy atom. The maximum absolute atomic E-state index is 11.8. The van der Waals surface area contributed by atoms with Gasteiger partial charge in [0.15, 0.2) is 18.0 Å². The molecule has 3 aliphatic heterocycles. The third-order valence-corrected chi connectivity index (χ3v) is 5.80. The summed E-state index contributed by atoms with van der Waals surface area (Å²) < 4.78 is 13.7. The van der Waals surface area contributed by atoms with E-state index in [2.05, 4.69) is 15.5 Å². The molecule has 0 spiro atoms. The lowest BCUT2D eigenvalue weighted by Gasteiger charge is -2.24. The zero-order chi connectivity index (χ0) is 18.3. The minimum absolute atomic E-state index is 0.520. The molecule has 1 unspecified atom stereocenters. The van der Waals surface area contributed by atoms with Crippen LogP contribution >= 0.6 is 0 Å². The lowest BCUT2D eigenvalue weighted by molar-refractivity contribution is -0.658. The molecule has 0 radical (unpaired) electrons. The Morgan fingerprint density at radius 1 is 0.926 bits per heavy atom. The van der Waals surface area contributed by atoms with Crippen LogP contribution in [0.15, 0.2) is 48.5 Å². The van der Waals surface area contributed by atoms with Crippen molar-refractivity contribution in [2.75, 3.05) is 31.2 Å². The summed E-state index contributed by atoms with van der Waals surface area (Å²) in [5.41, 5.74) is 0.992. The Hall–Kier alpha value is -2.53. The van der Waals surface area contributed by atoms with Gasteiger partial charge in [0.1, 0.15) is 18.9 Å². The smallest absolute Gasteiger partial charge is 0.271 e. The average Bonchev–Trinajstić information content (AvgIpc) is 2.87. The molecule has 1 atom stereocenters. The van der Waals surface area contributed by atoms with Gasteiger partial charge in [0.2, 0.25) is 0 Å². The predicted molar refractivity (Wildman–Crippen MR) is 104 cm³/mol. The highest BCUT2D eigenvalue weighted by Gasteiger charge is 2.52. The molecule has 5 nitrogen and oxygen atoms in total. The van der Waals surface area contributed by atoms with E-state index in [1.54, 1.807) is 0 Å². The Labute approximate surface area is 159 Å². The highest BCUT2D eigenvalue weighted by molar-refractivity contribution is 5.96. The van der Waals surface area contributed by atoms with E-state index < -0.39 is 5.72 Å². The molecule has 0 amide bonds. The maximum atomic E-state index is 11.8. The molecule has 27 heavy (non-hydrogen) atoms. The molecule has 5 rings (SSSR count). The first kappa shape index (κ1) is 16.6. The van der Waals surface area contributed by atoms with Gasteiger partial charge < -0.3 is 14.6 Å². The van der Waals surface area contributed by atoms with Crippen LogP contribution in [0.3, 0.4) is 0 Å². The summed E-state index contributed by atoms with van der Waals surface area (Å²) in [6.07, 6.45) is 4.43. The molecule has 3 aliphatic rings. The number of benzene rings is 2. The van der Waals surface area contributed by atoms with Crippen molar-refractivity contribution in [1.82, 2.24) is 0 Å². The monoisotopic (exact) mass is 365 g/mol. The van der Waals surface area contributed by atoms with Crippen LogP contribution in [0.4, 0.5) is 5.69 Å². The van der Waals surface area contributed by atoms with Crippen molar-refractivity contribution in [2.45, 2.75) is 31.4 Å². The molecular weight excluding hydrogens is 340 g/mol. The molecule has 2 aromatic carbocycles. The molecule has 3 heterocycles. The largest absolute Gasteiger partial charge is 0.486 e. The zero-order valence-corrected chi connectivity index (χ0v) is 15.4. The van der Waals surface area contributed by atoms with Gasteiger partial charge >= 0.3 is 0 Å². The highest BCUT2D eigenvalue weighted by atomic mass is 16.6. The van der Waals surface area contributed by atoms with E-state index in [4.69, 9.17) is 9.47 Å². The van der Waals surface area contributed by atoms with Gasteiger partial charge in [0.25, 0.3) is 11.6 Å². The van der Waals surface area contributed by atoms with E-state index in [9.17, 15) is 5.11 Å². The minimum atomic E-state index is -1.01. The first-order valence-corrected chi connectivity index (χ1v) is 9.84. The van der Waals surface area contributed by atoms with Crippen molar-refractivity contribution in [1.29, 1.82) is 0 Å². The molecule has 0 fully saturated rings. The van der Waals surface area contributed by atoms with E-state index in [1.807, 2.05) is 42.5 Å². The van der Waals surface area contributed by atoms with E-state index in [0.717, 1.165) is 48.6 Å². The van der Waals surface area contributed by atoms with Crippen molar-refractivity contribution in [3.8, 4) is 11.5 Å². The lowest BCUT2D eigenvalue weighted by atomic mass is 10.0. The van der Waals surface area contributed by atoms with E-state index >= 15 is 0 Å². The second kappa shape index (κ2) is 6.57. The van der Waals surface area contributed by atoms with Gasteiger partial charge in [-0.2, -0.15) is 0 Å². The minimum Gasteiger partial charge on any atom is -0.486 e. The number of anilines is 1. The fourth-order valence-corrected chi connectivity index (χ4v) is 4.46. The third kappa shape index (κ3) is 2.77. The molecule has 1 N–H and O–H groups in total. The van der Waals surface area contributed by atoms with Crippen molar-refractivity contribution in [3.05, 3.63) is 54.1 Å². The fourth-order valence-electron chi connectivity index (χ4n) is 4.46. The van der Waals surface area contributed by atoms with Crippen molar-refractivity contribution < 1.29 is 19.2 Å². The molecule has 140 valence electrons. The molecule has 5 heteroatoms. The van der Waals surface area contributed by atoms with Crippen LogP contribution in [0.1, 0.15) is 31.2 Å². The van der Waals surface area contributed by atoms with Gasteiger partial charge in [-0.15, -0.1) is 0 Å². The second-order valence-electron chi connectivity index (χ2n) is 7.48. The van der Waals surface area contributed by atoms with E-state index in [-0.39, 0.29) is 0 Å². The van der Waals surface area contributed by atoms with Gasteiger partial charge in [-0.1, -0.05) is 30.3 Å². The van der Waals surface area contributed by atoms with Gasteiger partial charge in [0, 0.05) is 18.1 Å². The Balaban J connectivity index is 1.58. The highest BCUT2D eigenvalue weighted by Crippen LogP contribution is 2.39. The summed E-state index contributed by atoms with van der Waals surface area (Å²) in [4.78, 5) is 2.26. The van der Waals surface area contributed by atoms with Crippen LogP contribution in [0.5, 0.6) is 11.5 Å². The number of β-amino-alcohol motifs (C(OH)–C–C–N with tert-alkyl or cyclic N) is 1. The lowest BCUT2D eigenvalue weighted by Crippen LogP contribution is -2.41. The summed E-state index contributed by atoms with van der Waals surface area (Å²) >= 11 is 0. The standard InChI is InChI=1S/C22H25N2O3/c25-22(17-7-3-1-4-8-17)16-23(21-9-5-2-6-12-24(21)22)18-10-11-19-20(15-18)27-14-13-26-19/h1,3-4,7-8,10-11,15,25H,2,5-6,9,12-14,16H2/q+1. The quantitative estimate of drug-likeness (QED) is 0.831. The van der Waals surface area contributed by atoms with Crippen molar-refractivity contribution in [3.63, 3.8) is 0 Å². The summed E-state index contributed by atoms with van der Waals surface area (Å²) in [5.74, 6) is 2.79. The molecule has 0 bridgehead atoms. The van der Waals surface area contributed by atoms with Crippen molar-refractivity contribution in [2.24, 2.45) is 0 Å². The number of fused-ring (bicyclic) bond motifs is 1. The number of amidine groups is 1.